The van der Waals surface area contributed by atoms with E-state index in [4.69, 9.17) is 9.47 Å². The largest absolute Gasteiger partial charge is 0.467 e. The summed E-state index contributed by atoms with van der Waals surface area (Å²) in [7, 11) is 1.60. The molecular weight excluding hydrogens is 244 g/mol. The minimum atomic E-state index is 0.270. The lowest BCUT2D eigenvalue weighted by Crippen LogP contribution is -2.01. The first-order valence-corrected chi connectivity index (χ1v) is 5.08. The zero-order valence-electron chi connectivity index (χ0n) is 8.13. The van der Waals surface area contributed by atoms with Crippen LogP contribution in [0.4, 0.5) is 0 Å². The average molecular weight is 257 g/mol. The van der Waals surface area contributed by atoms with Gasteiger partial charge < -0.3 is 9.47 Å². The van der Waals surface area contributed by atoms with E-state index in [0.717, 1.165) is 22.2 Å². The van der Waals surface area contributed by atoms with Gasteiger partial charge in [0.2, 0.25) is 0 Å². The second kappa shape index (κ2) is 5.83. The van der Waals surface area contributed by atoms with E-state index in [1.54, 1.807) is 7.11 Å². The van der Waals surface area contributed by atoms with Crippen molar-refractivity contribution >= 4 is 15.9 Å². The molecule has 0 bridgehead atoms. The van der Waals surface area contributed by atoms with Gasteiger partial charge in [0, 0.05) is 11.6 Å². The Morgan fingerprint density at radius 3 is 2.93 bits per heavy atom. The number of methoxy groups -OCH3 is 1. The lowest BCUT2D eigenvalue weighted by atomic mass is 10.1. The third-order valence-corrected chi connectivity index (χ3v) is 2.21. The maximum atomic E-state index is 5.40. The third-order valence-electron chi connectivity index (χ3n) is 1.72. The number of hydrogen-bond donors (Lipinski definition) is 0. The lowest BCUT2D eigenvalue weighted by molar-refractivity contribution is 0.0505. The summed E-state index contributed by atoms with van der Waals surface area (Å²) in [5, 5.41) is 0. The van der Waals surface area contributed by atoms with E-state index in [-0.39, 0.29) is 6.79 Å². The van der Waals surface area contributed by atoms with Crippen LogP contribution in [-0.2, 0) is 11.2 Å². The molecule has 1 rings (SSSR count). The molecule has 1 aromatic rings. The molecular formula is C11H13BrO2. The fourth-order valence-electron chi connectivity index (χ4n) is 1.13. The van der Waals surface area contributed by atoms with Gasteiger partial charge in [-0.1, -0.05) is 22.0 Å². The van der Waals surface area contributed by atoms with Crippen molar-refractivity contribution in [3.05, 3.63) is 40.9 Å². The van der Waals surface area contributed by atoms with Crippen LogP contribution in [0.3, 0.4) is 0 Å². The summed E-state index contributed by atoms with van der Waals surface area (Å²) in [6.45, 7) is 3.97. The Morgan fingerprint density at radius 2 is 2.29 bits per heavy atom. The van der Waals surface area contributed by atoms with Crippen molar-refractivity contribution in [3.8, 4) is 5.75 Å². The average Bonchev–Trinajstić information content (AvgIpc) is 2.17. The van der Waals surface area contributed by atoms with Crippen molar-refractivity contribution in [3.63, 3.8) is 0 Å². The quantitative estimate of drug-likeness (QED) is 0.595. The Balaban J connectivity index is 2.83. The molecule has 0 radical (unpaired) electrons. The summed E-state index contributed by atoms with van der Waals surface area (Å²) >= 11 is 3.41. The number of benzene rings is 1. The Kier molecular flexibility index (Phi) is 4.70. The molecule has 0 saturated heterocycles. The van der Waals surface area contributed by atoms with Crippen molar-refractivity contribution in [1.82, 2.24) is 0 Å². The van der Waals surface area contributed by atoms with Gasteiger partial charge in [0.05, 0.1) is 0 Å². The highest BCUT2D eigenvalue weighted by Gasteiger charge is 2.02. The van der Waals surface area contributed by atoms with Gasteiger partial charge in [-0.3, -0.25) is 0 Å². The normalized spacial score (nSPS) is 9.86. The minimum Gasteiger partial charge on any atom is -0.467 e. The van der Waals surface area contributed by atoms with Crippen molar-refractivity contribution in [2.45, 2.75) is 6.42 Å². The van der Waals surface area contributed by atoms with E-state index in [1.807, 2.05) is 24.3 Å². The fourth-order valence-corrected chi connectivity index (χ4v) is 1.53. The molecule has 0 spiro atoms. The fraction of sp³-hybridized carbons (Fsp3) is 0.273. The first-order chi connectivity index (χ1) is 6.77. The molecule has 1 aromatic carbocycles. The molecule has 0 aliphatic carbocycles. The van der Waals surface area contributed by atoms with Gasteiger partial charge in [0.25, 0.3) is 0 Å². The van der Waals surface area contributed by atoms with Crippen LogP contribution < -0.4 is 4.74 Å². The van der Waals surface area contributed by atoms with E-state index >= 15 is 0 Å². The molecule has 0 aliphatic rings. The second-order valence-corrected chi connectivity index (χ2v) is 3.71. The molecule has 0 heterocycles. The predicted octanol–water partition coefficient (Wildman–Crippen LogP) is 3.16. The summed E-state index contributed by atoms with van der Waals surface area (Å²) in [6, 6.07) is 5.88. The van der Waals surface area contributed by atoms with E-state index in [9.17, 15) is 0 Å². The summed E-state index contributed by atoms with van der Waals surface area (Å²) in [6.07, 6.45) is 2.64. The highest BCUT2D eigenvalue weighted by atomic mass is 79.9. The summed E-state index contributed by atoms with van der Waals surface area (Å²) in [5.41, 5.74) is 1.10. The van der Waals surface area contributed by atoms with Gasteiger partial charge in [-0.25, -0.2) is 0 Å². The van der Waals surface area contributed by atoms with Crippen molar-refractivity contribution in [1.29, 1.82) is 0 Å². The molecule has 0 saturated carbocycles. The summed E-state index contributed by atoms with van der Waals surface area (Å²) < 4.78 is 11.3. The van der Waals surface area contributed by atoms with E-state index < -0.39 is 0 Å². The van der Waals surface area contributed by atoms with Gasteiger partial charge in [-0.15, -0.1) is 6.58 Å². The molecule has 0 aliphatic heterocycles. The molecule has 2 nitrogen and oxygen atoms in total. The Bertz CT molecular complexity index is 310. The molecule has 0 fully saturated rings. The summed E-state index contributed by atoms with van der Waals surface area (Å²) in [5.74, 6) is 0.843. The van der Waals surface area contributed by atoms with Crippen LogP contribution in [0.5, 0.6) is 5.75 Å². The smallest absolute Gasteiger partial charge is 0.188 e. The third kappa shape index (κ3) is 3.16. The predicted molar refractivity (Wildman–Crippen MR) is 60.5 cm³/mol. The maximum absolute atomic E-state index is 5.40. The number of hydrogen-bond acceptors (Lipinski definition) is 2. The SMILES string of the molecule is C=CCc1cc(Br)ccc1OCOC. The highest BCUT2D eigenvalue weighted by Crippen LogP contribution is 2.23. The lowest BCUT2D eigenvalue weighted by Gasteiger charge is -2.09. The number of rotatable bonds is 5. The zero-order chi connectivity index (χ0) is 10.4. The van der Waals surface area contributed by atoms with Crippen LogP contribution in [0.15, 0.2) is 35.3 Å². The van der Waals surface area contributed by atoms with Crippen LogP contribution in [0, 0.1) is 0 Å². The van der Waals surface area contributed by atoms with Crippen molar-refractivity contribution < 1.29 is 9.47 Å². The minimum absolute atomic E-state index is 0.270. The van der Waals surface area contributed by atoms with Crippen LogP contribution in [0.2, 0.25) is 0 Å². The molecule has 0 unspecified atom stereocenters. The highest BCUT2D eigenvalue weighted by molar-refractivity contribution is 9.10. The molecule has 3 heteroatoms. The monoisotopic (exact) mass is 256 g/mol. The zero-order valence-corrected chi connectivity index (χ0v) is 9.71. The molecule has 0 aromatic heterocycles. The van der Waals surface area contributed by atoms with E-state index in [1.165, 1.54) is 0 Å². The number of ether oxygens (including phenoxy) is 2. The van der Waals surface area contributed by atoms with Gasteiger partial charge in [0.1, 0.15) is 5.75 Å². The van der Waals surface area contributed by atoms with Crippen LogP contribution in [-0.4, -0.2) is 13.9 Å². The van der Waals surface area contributed by atoms with Crippen molar-refractivity contribution in [2.24, 2.45) is 0 Å². The second-order valence-electron chi connectivity index (χ2n) is 2.80. The number of allylic oxidation sites excluding steroid dienone is 1. The van der Waals surface area contributed by atoms with Gasteiger partial charge >= 0.3 is 0 Å². The molecule has 76 valence electrons. The Labute approximate surface area is 92.7 Å². The van der Waals surface area contributed by atoms with Gasteiger partial charge in [-0.05, 0) is 30.2 Å². The molecule has 0 N–H and O–H groups in total. The standard InChI is InChI=1S/C11H13BrO2/c1-3-4-9-7-10(12)5-6-11(9)14-8-13-2/h3,5-7H,1,4,8H2,2H3. The van der Waals surface area contributed by atoms with Crippen LogP contribution >= 0.6 is 15.9 Å². The van der Waals surface area contributed by atoms with Crippen LogP contribution in [0.1, 0.15) is 5.56 Å². The molecule has 14 heavy (non-hydrogen) atoms. The molecule has 0 amide bonds. The van der Waals surface area contributed by atoms with Gasteiger partial charge in [-0.2, -0.15) is 0 Å². The first kappa shape index (κ1) is 11.3. The van der Waals surface area contributed by atoms with Crippen LogP contribution in [0.25, 0.3) is 0 Å². The Hall–Kier alpha value is -0.800. The first-order valence-electron chi connectivity index (χ1n) is 4.29. The van der Waals surface area contributed by atoms with Gasteiger partial charge in [0.15, 0.2) is 6.79 Å². The van der Waals surface area contributed by atoms with Crippen molar-refractivity contribution in [2.75, 3.05) is 13.9 Å². The molecule has 0 atom stereocenters. The Morgan fingerprint density at radius 1 is 1.50 bits per heavy atom. The topological polar surface area (TPSA) is 18.5 Å². The number of halogens is 1. The maximum Gasteiger partial charge on any atom is 0.188 e. The van der Waals surface area contributed by atoms with E-state index in [2.05, 4.69) is 22.5 Å². The summed E-state index contributed by atoms with van der Waals surface area (Å²) in [4.78, 5) is 0. The van der Waals surface area contributed by atoms with E-state index in [0.29, 0.717) is 0 Å².